The quantitative estimate of drug-likeness (QED) is 0.432. The molecule has 0 atom stereocenters. The second-order valence-electron chi connectivity index (χ2n) is 7.71. The molecule has 152 valence electrons. The van der Waals surface area contributed by atoms with Gasteiger partial charge in [0.05, 0.1) is 12.8 Å². The van der Waals surface area contributed by atoms with Gasteiger partial charge in [0.15, 0.2) is 4.77 Å². The summed E-state index contributed by atoms with van der Waals surface area (Å²) in [5.74, 6) is 1.71. The normalized spacial score (nSPS) is 13.8. The molecule has 4 rings (SSSR count). The number of hydrogen-bond acceptors (Lipinski definition) is 3. The SMILES string of the molecule is COc1ccccc1-c1cn(CCN(C)CC2CC2)c(=S)n1-c1ccc(Cl)cc1. The molecule has 0 radical (unpaired) electrons. The van der Waals surface area contributed by atoms with Crippen molar-refractivity contribution in [3.8, 4) is 22.7 Å². The largest absolute Gasteiger partial charge is 0.496 e. The summed E-state index contributed by atoms with van der Waals surface area (Å²) in [6.45, 7) is 3.00. The molecule has 29 heavy (non-hydrogen) atoms. The predicted molar refractivity (Wildman–Crippen MR) is 122 cm³/mol. The first-order chi connectivity index (χ1) is 14.1. The Labute approximate surface area is 182 Å². The van der Waals surface area contributed by atoms with Crippen molar-refractivity contribution in [3.63, 3.8) is 0 Å². The van der Waals surface area contributed by atoms with Gasteiger partial charge in [0.2, 0.25) is 0 Å². The van der Waals surface area contributed by atoms with Gasteiger partial charge in [-0.05, 0) is 74.4 Å². The van der Waals surface area contributed by atoms with E-state index in [1.807, 2.05) is 42.5 Å². The van der Waals surface area contributed by atoms with Crippen LogP contribution in [0.2, 0.25) is 5.02 Å². The molecule has 1 saturated carbocycles. The van der Waals surface area contributed by atoms with Crippen LogP contribution < -0.4 is 4.74 Å². The monoisotopic (exact) mass is 427 g/mol. The molecule has 4 nitrogen and oxygen atoms in total. The van der Waals surface area contributed by atoms with Gasteiger partial charge in [0.1, 0.15) is 5.75 Å². The Kier molecular flexibility index (Phi) is 6.09. The van der Waals surface area contributed by atoms with Crippen molar-refractivity contribution < 1.29 is 4.74 Å². The molecule has 3 aromatic rings. The average Bonchev–Trinajstić information content (AvgIpc) is 3.48. The number of para-hydroxylation sites is 1. The van der Waals surface area contributed by atoms with E-state index in [2.05, 4.69) is 33.3 Å². The molecule has 0 unspecified atom stereocenters. The lowest BCUT2D eigenvalue weighted by atomic mass is 10.1. The molecule has 6 heteroatoms. The highest BCUT2D eigenvalue weighted by Gasteiger charge is 2.23. The van der Waals surface area contributed by atoms with Gasteiger partial charge in [-0.1, -0.05) is 23.7 Å². The van der Waals surface area contributed by atoms with Crippen LogP contribution in [-0.4, -0.2) is 41.3 Å². The van der Waals surface area contributed by atoms with Crippen LogP contribution in [0.25, 0.3) is 16.9 Å². The summed E-state index contributed by atoms with van der Waals surface area (Å²) in [6, 6.07) is 15.8. The van der Waals surface area contributed by atoms with E-state index in [1.54, 1.807) is 7.11 Å². The van der Waals surface area contributed by atoms with Crippen LogP contribution in [0.5, 0.6) is 5.75 Å². The van der Waals surface area contributed by atoms with Crippen molar-refractivity contribution >= 4 is 23.8 Å². The maximum absolute atomic E-state index is 6.11. The highest BCUT2D eigenvalue weighted by molar-refractivity contribution is 7.71. The third-order valence-electron chi connectivity index (χ3n) is 5.41. The number of hydrogen-bond donors (Lipinski definition) is 0. The molecule has 2 aromatic carbocycles. The van der Waals surface area contributed by atoms with Gasteiger partial charge in [0.25, 0.3) is 0 Å². The number of halogens is 1. The number of aromatic nitrogens is 2. The summed E-state index contributed by atoms with van der Waals surface area (Å²) in [5.41, 5.74) is 3.02. The maximum Gasteiger partial charge on any atom is 0.185 e. The summed E-state index contributed by atoms with van der Waals surface area (Å²) >= 11 is 12.0. The Morgan fingerprint density at radius 3 is 2.55 bits per heavy atom. The summed E-state index contributed by atoms with van der Waals surface area (Å²) in [7, 11) is 3.89. The van der Waals surface area contributed by atoms with E-state index in [4.69, 9.17) is 28.6 Å². The Bertz CT molecular complexity index is 1040. The van der Waals surface area contributed by atoms with E-state index >= 15 is 0 Å². The van der Waals surface area contributed by atoms with Crippen molar-refractivity contribution in [2.24, 2.45) is 5.92 Å². The van der Waals surface area contributed by atoms with Gasteiger partial charge >= 0.3 is 0 Å². The number of methoxy groups -OCH3 is 1. The number of ether oxygens (including phenoxy) is 1. The zero-order valence-electron chi connectivity index (χ0n) is 16.8. The fraction of sp³-hybridized carbons (Fsp3) is 0.348. The van der Waals surface area contributed by atoms with Crippen LogP contribution in [0.3, 0.4) is 0 Å². The van der Waals surface area contributed by atoms with Crippen LogP contribution in [0.4, 0.5) is 0 Å². The summed E-state index contributed by atoms with van der Waals surface area (Å²) in [4.78, 5) is 2.40. The first-order valence-electron chi connectivity index (χ1n) is 9.97. The predicted octanol–water partition coefficient (Wildman–Crippen LogP) is 5.68. The molecular weight excluding hydrogens is 402 g/mol. The topological polar surface area (TPSA) is 22.3 Å². The molecule has 0 saturated heterocycles. The highest BCUT2D eigenvalue weighted by atomic mass is 35.5. The number of likely N-dealkylation sites (N-methyl/N-ethyl adjacent to an activating group) is 1. The Morgan fingerprint density at radius 1 is 1.14 bits per heavy atom. The number of nitrogens with zero attached hydrogens (tertiary/aromatic N) is 3. The van der Waals surface area contributed by atoms with E-state index in [1.165, 1.54) is 19.4 Å². The second kappa shape index (κ2) is 8.74. The standard InChI is InChI=1S/C23H26ClN3OS/c1-25(15-17-7-8-17)13-14-26-16-21(20-5-3-4-6-22(20)28-2)27(23(26)29)19-11-9-18(24)10-12-19/h3-6,9-12,16-17H,7-8,13-15H2,1-2H3. The smallest absolute Gasteiger partial charge is 0.185 e. The van der Waals surface area contributed by atoms with Crippen LogP contribution in [-0.2, 0) is 6.54 Å². The van der Waals surface area contributed by atoms with Crippen molar-refractivity contribution in [2.75, 3.05) is 27.2 Å². The van der Waals surface area contributed by atoms with Gasteiger partial charge in [-0.2, -0.15) is 0 Å². The maximum atomic E-state index is 6.11. The molecule has 0 amide bonds. The number of imidazole rings is 1. The fourth-order valence-electron chi connectivity index (χ4n) is 3.65. The Hall–Kier alpha value is -2.08. The lowest BCUT2D eigenvalue weighted by Gasteiger charge is -2.16. The molecule has 1 aliphatic carbocycles. The Morgan fingerprint density at radius 2 is 1.86 bits per heavy atom. The molecule has 0 N–H and O–H groups in total. The molecular formula is C23H26ClN3OS. The third kappa shape index (κ3) is 4.58. The van der Waals surface area contributed by atoms with Crippen molar-refractivity contribution in [1.29, 1.82) is 0 Å². The summed E-state index contributed by atoms with van der Waals surface area (Å²) in [5, 5.41) is 0.709. The lowest BCUT2D eigenvalue weighted by Crippen LogP contribution is -2.25. The lowest BCUT2D eigenvalue weighted by molar-refractivity contribution is 0.305. The molecule has 1 aliphatic rings. The summed E-state index contributed by atoms with van der Waals surface area (Å²) < 4.78 is 10.7. The molecule has 1 aromatic heterocycles. The first-order valence-corrected chi connectivity index (χ1v) is 10.8. The summed E-state index contributed by atoms with van der Waals surface area (Å²) in [6.07, 6.45) is 4.88. The van der Waals surface area contributed by atoms with E-state index in [0.29, 0.717) is 5.02 Å². The number of benzene rings is 2. The van der Waals surface area contributed by atoms with Gasteiger partial charge in [-0.15, -0.1) is 0 Å². The molecule has 1 fully saturated rings. The van der Waals surface area contributed by atoms with Gasteiger partial charge in [-0.3, -0.25) is 4.57 Å². The molecule has 1 heterocycles. The van der Waals surface area contributed by atoms with Crippen LogP contribution in [0.1, 0.15) is 12.8 Å². The van der Waals surface area contributed by atoms with E-state index < -0.39 is 0 Å². The van der Waals surface area contributed by atoms with E-state index in [-0.39, 0.29) is 0 Å². The van der Waals surface area contributed by atoms with Crippen molar-refractivity contribution in [1.82, 2.24) is 14.0 Å². The number of rotatable bonds is 8. The van der Waals surface area contributed by atoms with Crippen LogP contribution >= 0.6 is 23.8 Å². The third-order valence-corrected chi connectivity index (χ3v) is 6.08. The van der Waals surface area contributed by atoms with Gasteiger partial charge in [-0.25, -0.2) is 0 Å². The minimum Gasteiger partial charge on any atom is -0.496 e. The van der Waals surface area contributed by atoms with Crippen molar-refractivity contribution in [2.45, 2.75) is 19.4 Å². The van der Waals surface area contributed by atoms with E-state index in [0.717, 1.165) is 46.5 Å². The Balaban J connectivity index is 1.73. The molecule has 0 spiro atoms. The molecule has 0 aliphatic heterocycles. The minimum atomic E-state index is 0.709. The van der Waals surface area contributed by atoms with Gasteiger partial charge in [0, 0.05) is 42.1 Å². The first kappa shape index (κ1) is 20.2. The van der Waals surface area contributed by atoms with E-state index in [9.17, 15) is 0 Å². The molecule has 0 bridgehead atoms. The zero-order valence-corrected chi connectivity index (χ0v) is 18.4. The average molecular weight is 428 g/mol. The van der Waals surface area contributed by atoms with Crippen molar-refractivity contribution in [3.05, 3.63) is 64.5 Å². The zero-order chi connectivity index (χ0) is 20.4. The van der Waals surface area contributed by atoms with Crippen LogP contribution in [0, 0.1) is 10.7 Å². The van der Waals surface area contributed by atoms with Gasteiger partial charge < -0.3 is 14.2 Å². The van der Waals surface area contributed by atoms with Crippen LogP contribution in [0.15, 0.2) is 54.7 Å². The highest BCUT2D eigenvalue weighted by Crippen LogP contribution is 2.33. The minimum absolute atomic E-state index is 0.709. The second-order valence-corrected chi connectivity index (χ2v) is 8.51. The fourth-order valence-corrected chi connectivity index (χ4v) is 4.12.